The molecule has 1 aliphatic rings. The van der Waals surface area contributed by atoms with Crippen LogP contribution in [0.5, 0.6) is 5.75 Å². The van der Waals surface area contributed by atoms with Crippen LogP contribution in [-0.4, -0.2) is 29.1 Å². The molecule has 0 spiro atoms. The predicted octanol–water partition coefficient (Wildman–Crippen LogP) is 5.93. The first-order chi connectivity index (χ1) is 16.6. The Balaban J connectivity index is 1.33. The number of hydrogen-bond acceptors (Lipinski definition) is 7. The topological polar surface area (TPSA) is 80.7 Å². The van der Waals surface area contributed by atoms with E-state index in [0.717, 1.165) is 40.8 Å². The van der Waals surface area contributed by atoms with Crippen molar-refractivity contribution in [3.63, 3.8) is 0 Å². The molecule has 1 aliphatic heterocycles. The van der Waals surface area contributed by atoms with Crippen molar-refractivity contribution in [1.29, 1.82) is 0 Å². The highest BCUT2D eigenvalue weighted by molar-refractivity contribution is 6.32. The lowest BCUT2D eigenvalue weighted by molar-refractivity contribution is 0.282. The normalized spacial score (nSPS) is 13.2. The Bertz CT molecular complexity index is 1360. The molecule has 5 rings (SSSR count). The SMILES string of the molecule is Fc1cccc(COc2ccc(Nc3ncnc4ccc(NC5=NCCCO5)cc34)cc2Cl)c1. The summed E-state index contributed by atoms with van der Waals surface area (Å²) in [6, 6.07) is 17.9. The Hall–Kier alpha value is -3.91. The van der Waals surface area contributed by atoms with Crippen molar-refractivity contribution in [2.24, 2.45) is 4.99 Å². The van der Waals surface area contributed by atoms with Crippen molar-refractivity contribution in [3.05, 3.63) is 83.4 Å². The first-order valence-electron chi connectivity index (χ1n) is 10.8. The predicted molar refractivity (Wildman–Crippen MR) is 131 cm³/mol. The second-order valence-corrected chi connectivity index (χ2v) is 8.06. The maximum absolute atomic E-state index is 13.4. The molecule has 3 aromatic carbocycles. The minimum absolute atomic E-state index is 0.214. The molecule has 0 bridgehead atoms. The number of amidine groups is 1. The molecule has 4 aromatic rings. The number of aliphatic imine (C=N–C) groups is 1. The van der Waals surface area contributed by atoms with E-state index in [1.165, 1.54) is 18.5 Å². The van der Waals surface area contributed by atoms with Crippen molar-refractivity contribution in [2.45, 2.75) is 13.0 Å². The van der Waals surface area contributed by atoms with E-state index in [2.05, 4.69) is 25.6 Å². The fourth-order valence-corrected chi connectivity index (χ4v) is 3.75. The van der Waals surface area contributed by atoms with Crippen LogP contribution in [0.15, 0.2) is 72.0 Å². The first-order valence-corrected chi connectivity index (χ1v) is 11.1. The zero-order chi connectivity index (χ0) is 23.3. The minimum Gasteiger partial charge on any atom is -0.487 e. The van der Waals surface area contributed by atoms with E-state index < -0.39 is 0 Å². The van der Waals surface area contributed by atoms with Crippen molar-refractivity contribution in [2.75, 3.05) is 23.8 Å². The van der Waals surface area contributed by atoms with E-state index in [1.807, 2.05) is 24.3 Å². The molecule has 0 saturated carbocycles. The summed E-state index contributed by atoms with van der Waals surface area (Å²) in [5.41, 5.74) is 3.07. The third-order valence-electron chi connectivity index (χ3n) is 5.16. The fourth-order valence-electron chi connectivity index (χ4n) is 3.51. The van der Waals surface area contributed by atoms with Gasteiger partial charge in [-0.1, -0.05) is 23.7 Å². The number of nitrogens with one attached hydrogen (secondary N) is 2. The van der Waals surface area contributed by atoms with Crippen LogP contribution in [0, 0.1) is 5.82 Å². The van der Waals surface area contributed by atoms with Gasteiger partial charge in [0.1, 0.15) is 30.3 Å². The maximum atomic E-state index is 13.4. The molecule has 0 aliphatic carbocycles. The Kier molecular flexibility index (Phi) is 6.40. The van der Waals surface area contributed by atoms with Crippen LogP contribution in [0.2, 0.25) is 5.02 Å². The van der Waals surface area contributed by atoms with Gasteiger partial charge in [-0.3, -0.25) is 0 Å². The average Bonchev–Trinajstić information content (AvgIpc) is 2.85. The summed E-state index contributed by atoms with van der Waals surface area (Å²) in [5, 5.41) is 7.74. The Labute approximate surface area is 200 Å². The number of nitrogens with zero attached hydrogens (tertiary/aromatic N) is 3. The van der Waals surface area contributed by atoms with Gasteiger partial charge in [0.2, 0.25) is 0 Å². The highest BCUT2D eigenvalue weighted by Crippen LogP contribution is 2.31. The quantitative estimate of drug-likeness (QED) is 0.358. The van der Waals surface area contributed by atoms with Gasteiger partial charge >= 0.3 is 0 Å². The molecule has 2 N–H and O–H groups in total. The summed E-state index contributed by atoms with van der Waals surface area (Å²) in [5.74, 6) is 0.829. The molecule has 0 saturated heterocycles. The smallest absolute Gasteiger partial charge is 0.289 e. The van der Waals surface area contributed by atoms with Crippen LogP contribution < -0.4 is 15.4 Å². The zero-order valence-electron chi connectivity index (χ0n) is 18.1. The standard InChI is InChI=1S/C25H21ClFN5O2/c26-21-13-19(6-8-23(21)34-14-16-3-1-4-17(27)11-16)31-24-20-12-18(5-7-22(20)29-15-30-24)32-25-28-9-2-10-33-25/h1,3-8,11-13,15H,2,9-10,14H2,(H,28,32)(H,29,30,31). The molecule has 34 heavy (non-hydrogen) atoms. The van der Waals surface area contributed by atoms with Gasteiger partial charge in [-0.2, -0.15) is 0 Å². The second-order valence-electron chi connectivity index (χ2n) is 7.66. The molecule has 0 fully saturated rings. The molecule has 0 atom stereocenters. The molecule has 0 amide bonds. The van der Waals surface area contributed by atoms with Gasteiger partial charge in [-0.25, -0.2) is 19.4 Å². The molecule has 1 aromatic heterocycles. The molecule has 172 valence electrons. The number of rotatable bonds is 6. The van der Waals surface area contributed by atoms with Crippen LogP contribution in [0.3, 0.4) is 0 Å². The minimum atomic E-state index is -0.304. The largest absolute Gasteiger partial charge is 0.487 e. The van der Waals surface area contributed by atoms with E-state index in [-0.39, 0.29) is 12.4 Å². The highest BCUT2D eigenvalue weighted by Gasteiger charge is 2.11. The Morgan fingerprint density at radius 1 is 1.00 bits per heavy atom. The number of halogens is 2. The lowest BCUT2D eigenvalue weighted by Crippen LogP contribution is -2.21. The van der Waals surface area contributed by atoms with Gasteiger partial charge in [-0.05, 0) is 54.1 Å². The van der Waals surface area contributed by atoms with Crippen LogP contribution >= 0.6 is 11.6 Å². The summed E-state index contributed by atoms with van der Waals surface area (Å²) < 4.78 is 24.7. The van der Waals surface area contributed by atoms with Crippen molar-refractivity contribution in [3.8, 4) is 5.75 Å². The number of hydrogen-bond donors (Lipinski definition) is 2. The first kappa shape index (κ1) is 21.9. The van der Waals surface area contributed by atoms with E-state index in [0.29, 0.717) is 29.2 Å². The summed E-state index contributed by atoms with van der Waals surface area (Å²) in [7, 11) is 0. The Morgan fingerprint density at radius 2 is 1.88 bits per heavy atom. The van der Waals surface area contributed by atoms with Crippen LogP contribution in [0.4, 0.5) is 21.6 Å². The lowest BCUT2D eigenvalue weighted by Gasteiger charge is -2.16. The van der Waals surface area contributed by atoms with Crippen LogP contribution in [-0.2, 0) is 11.3 Å². The van der Waals surface area contributed by atoms with E-state index >= 15 is 0 Å². The van der Waals surface area contributed by atoms with Crippen LogP contribution in [0.1, 0.15) is 12.0 Å². The molecule has 2 heterocycles. The molecular weight excluding hydrogens is 457 g/mol. The number of benzene rings is 3. The molecule has 7 nitrogen and oxygen atoms in total. The van der Waals surface area contributed by atoms with E-state index in [9.17, 15) is 4.39 Å². The Morgan fingerprint density at radius 3 is 2.71 bits per heavy atom. The number of aromatic nitrogens is 2. The van der Waals surface area contributed by atoms with Crippen molar-refractivity contribution in [1.82, 2.24) is 9.97 Å². The van der Waals surface area contributed by atoms with Gasteiger partial charge < -0.3 is 20.1 Å². The van der Waals surface area contributed by atoms with Gasteiger partial charge in [0, 0.05) is 29.7 Å². The van der Waals surface area contributed by atoms with Crippen LogP contribution in [0.25, 0.3) is 10.9 Å². The number of ether oxygens (including phenoxy) is 2. The van der Waals surface area contributed by atoms with E-state index in [1.54, 1.807) is 24.3 Å². The van der Waals surface area contributed by atoms with Gasteiger partial charge in [0.05, 0.1) is 17.1 Å². The molecule has 9 heteroatoms. The number of anilines is 3. The summed E-state index contributed by atoms with van der Waals surface area (Å²) in [6.07, 6.45) is 2.42. The van der Waals surface area contributed by atoms with Crippen molar-refractivity contribution >= 4 is 45.7 Å². The van der Waals surface area contributed by atoms with Crippen molar-refractivity contribution < 1.29 is 13.9 Å². The van der Waals surface area contributed by atoms with E-state index in [4.69, 9.17) is 21.1 Å². The maximum Gasteiger partial charge on any atom is 0.289 e. The summed E-state index contributed by atoms with van der Waals surface area (Å²) in [4.78, 5) is 13.1. The third-order valence-corrected chi connectivity index (χ3v) is 5.46. The molecule has 0 unspecified atom stereocenters. The monoisotopic (exact) mass is 477 g/mol. The number of fused-ring (bicyclic) bond motifs is 1. The molecule has 0 radical (unpaired) electrons. The summed E-state index contributed by atoms with van der Waals surface area (Å²) in [6.45, 7) is 1.61. The second kappa shape index (κ2) is 9.93. The van der Waals surface area contributed by atoms with Gasteiger partial charge in [0.25, 0.3) is 6.02 Å². The summed E-state index contributed by atoms with van der Waals surface area (Å²) >= 11 is 6.44. The highest BCUT2D eigenvalue weighted by atomic mass is 35.5. The van der Waals surface area contributed by atoms with Gasteiger partial charge in [-0.15, -0.1) is 0 Å². The third kappa shape index (κ3) is 5.18. The van der Waals surface area contributed by atoms with Gasteiger partial charge in [0.15, 0.2) is 0 Å². The molecular formula is C25H21ClFN5O2. The average molecular weight is 478 g/mol. The zero-order valence-corrected chi connectivity index (χ0v) is 18.8. The lowest BCUT2D eigenvalue weighted by atomic mass is 10.2. The fraction of sp³-hybridized carbons (Fsp3) is 0.160.